The normalized spacial score (nSPS) is 10.8. The van der Waals surface area contributed by atoms with Crippen molar-refractivity contribution in [2.75, 3.05) is 12.9 Å². The van der Waals surface area contributed by atoms with Crippen molar-refractivity contribution < 1.29 is 14.3 Å². The van der Waals surface area contributed by atoms with Crippen molar-refractivity contribution in [1.29, 1.82) is 0 Å². The number of fused-ring (bicyclic) bond motifs is 1. The molecule has 0 radical (unpaired) electrons. The van der Waals surface area contributed by atoms with Gasteiger partial charge in [0.25, 0.3) is 0 Å². The van der Waals surface area contributed by atoms with Gasteiger partial charge in [0, 0.05) is 22.4 Å². The van der Waals surface area contributed by atoms with E-state index in [0.717, 1.165) is 5.56 Å². The summed E-state index contributed by atoms with van der Waals surface area (Å²) in [7, 11) is 1.33. The molecule has 0 saturated heterocycles. The quantitative estimate of drug-likeness (QED) is 0.610. The highest BCUT2D eigenvalue weighted by atomic mass is 35.5. The van der Waals surface area contributed by atoms with Crippen LogP contribution >= 0.6 is 23.4 Å². The number of ether oxygens (including phenoxy) is 1. The monoisotopic (exact) mass is 373 g/mol. The van der Waals surface area contributed by atoms with E-state index in [1.165, 1.54) is 23.4 Å². The molecule has 1 heterocycles. The molecule has 4 nitrogen and oxygen atoms in total. The second-order valence-corrected chi connectivity index (χ2v) is 6.86. The predicted octanol–water partition coefficient (Wildman–Crippen LogP) is 4.65. The number of nitrogens with zero attached hydrogens (tertiary/aromatic N) is 1. The highest BCUT2D eigenvalue weighted by Crippen LogP contribution is 2.23. The van der Waals surface area contributed by atoms with Crippen LogP contribution in [0.1, 0.15) is 20.7 Å². The number of halogens is 1. The van der Waals surface area contributed by atoms with Crippen molar-refractivity contribution in [3.8, 4) is 0 Å². The molecule has 2 aromatic carbocycles. The topological polar surface area (TPSA) is 48.3 Å². The van der Waals surface area contributed by atoms with Crippen molar-refractivity contribution in [1.82, 2.24) is 4.57 Å². The molecule has 0 unspecified atom stereocenters. The number of aromatic nitrogens is 1. The van der Waals surface area contributed by atoms with Crippen LogP contribution in [-0.4, -0.2) is 29.3 Å². The fourth-order valence-corrected chi connectivity index (χ4v) is 3.53. The van der Waals surface area contributed by atoms with E-state index >= 15 is 0 Å². The van der Waals surface area contributed by atoms with Gasteiger partial charge in [-0.1, -0.05) is 41.9 Å². The van der Waals surface area contributed by atoms with E-state index in [1.807, 2.05) is 48.5 Å². The zero-order chi connectivity index (χ0) is 17.8. The van der Waals surface area contributed by atoms with Crippen LogP contribution in [0.2, 0.25) is 5.02 Å². The summed E-state index contributed by atoms with van der Waals surface area (Å²) in [5.74, 6) is 0.496. The number of esters is 1. The molecule has 0 saturated carbocycles. The number of methoxy groups -OCH3 is 1. The summed E-state index contributed by atoms with van der Waals surface area (Å²) in [6.07, 6.45) is 1.56. The Hall–Kier alpha value is -2.24. The van der Waals surface area contributed by atoms with E-state index in [-0.39, 0.29) is 5.91 Å². The SMILES string of the molecule is COC(=O)c1cn(C(=O)CSCc2ccc(Cl)cc2)c2ccccc12. The van der Waals surface area contributed by atoms with E-state index in [1.54, 1.807) is 6.20 Å². The summed E-state index contributed by atoms with van der Waals surface area (Å²) in [5.41, 5.74) is 2.21. The summed E-state index contributed by atoms with van der Waals surface area (Å²) < 4.78 is 6.33. The number of rotatable bonds is 5. The van der Waals surface area contributed by atoms with Crippen LogP contribution in [0.5, 0.6) is 0 Å². The molecule has 1 aromatic heterocycles. The first-order valence-electron chi connectivity index (χ1n) is 7.64. The molecule has 0 aliphatic heterocycles. The zero-order valence-corrected chi connectivity index (χ0v) is 15.1. The second-order valence-electron chi connectivity index (χ2n) is 5.43. The Bertz CT molecular complexity index is 918. The molecule has 0 aliphatic rings. The Balaban J connectivity index is 1.75. The van der Waals surface area contributed by atoms with Crippen LogP contribution in [0.25, 0.3) is 10.9 Å². The average Bonchev–Trinajstić information content (AvgIpc) is 3.02. The van der Waals surface area contributed by atoms with Gasteiger partial charge in [-0.25, -0.2) is 4.79 Å². The van der Waals surface area contributed by atoms with Crippen LogP contribution in [0.15, 0.2) is 54.7 Å². The van der Waals surface area contributed by atoms with Gasteiger partial charge in [0.2, 0.25) is 5.91 Å². The highest BCUT2D eigenvalue weighted by molar-refractivity contribution is 7.99. The van der Waals surface area contributed by atoms with Crippen molar-refractivity contribution in [3.05, 3.63) is 70.9 Å². The van der Waals surface area contributed by atoms with Gasteiger partial charge in [-0.2, -0.15) is 0 Å². The van der Waals surface area contributed by atoms with Gasteiger partial charge in [-0.3, -0.25) is 9.36 Å². The maximum Gasteiger partial charge on any atom is 0.340 e. The minimum absolute atomic E-state index is 0.0784. The third-order valence-electron chi connectivity index (χ3n) is 3.79. The molecule has 3 aromatic rings. The van der Waals surface area contributed by atoms with Crippen LogP contribution < -0.4 is 0 Å². The third-order valence-corrected chi connectivity index (χ3v) is 5.03. The van der Waals surface area contributed by atoms with Crippen molar-refractivity contribution in [2.45, 2.75) is 5.75 Å². The number of hydrogen-bond acceptors (Lipinski definition) is 4. The Morgan fingerprint density at radius 1 is 1.12 bits per heavy atom. The van der Waals surface area contributed by atoms with E-state index < -0.39 is 5.97 Å². The molecular weight excluding hydrogens is 358 g/mol. The Labute approximate surface area is 154 Å². The number of para-hydroxylation sites is 1. The van der Waals surface area contributed by atoms with Gasteiger partial charge in [0.1, 0.15) is 0 Å². The maximum atomic E-state index is 12.6. The Kier molecular flexibility index (Phi) is 5.46. The van der Waals surface area contributed by atoms with E-state index in [9.17, 15) is 9.59 Å². The van der Waals surface area contributed by atoms with Crippen molar-refractivity contribution in [2.24, 2.45) is 0 Å². The number of carbonyl (C=O) groups excluding carboxylic acids is 2. The summed E-state index contributed by atoms with van der Waals surface area (Å²) in [4.78, 5) is 24.5. The number of thioether (sulfide) groups is 1. The summed E-state index contributed by atoms with van der Waals surface area (Å²) in [6, 6.07) is 14.9. The number of hydrogen-bond donors (Lipinski definition) is 0. The first-order valence-corrected chi connectivity index (χ1v) is 9.17. The molecule has 0 aliphatic carbocycles. The van der Waals surface area contributed by atoms with Gasteiger partial charge in [0.15, 0.2) is 0 Å². The molecule has 25 heavy (non-hydrogen) atoms. The van der Waals surface area contributed by atoms with Crippen LogP contribution in [-0.2, 0) is 10.5 Å². The molecule has 0 fully saturated rings. The van der Waals surface area contributed by atoms with E-state index in [2.05, 4.69) is 0 Å². The van der Waals surface area contributed by atoms with Crippen molar-refractivity contribution in [3.63, 3.8) is 0 Å². The Morgan fingerprint density at radius 2 is 1.84 bits per heavy atom. The minimum atomic E-state index is -0.448. The van der Waals surface area contributed by atoms with Gasteiger partial charge >= 0.3 is 5.97 Å². The maximum absolute atomic E-state index is 12.6. The molecular formula is C19H16ClNO3S. The molecule has 0 atom stereocenters. The van der Waals surface area contributed by atoms with Crippen LogP contribution in [0.3, 0.4) is 0 Å². The molecule has 0 bridgehead atoms. The second kappa shape index (κ2) is 7.76. The highest BCUT2D eigenvalue weighted by Gasteiger charge is 2.18. The van der Waals surface area contributed by atoms with Crippen LogP contribution in [0.4, 0.5) is 0 Å². The fourth-order valence-electron chi connectivity index (χ4n) is 2.56. The molecule has 3 rings (SSSR count). The van der Waals surface area contributed by atoms with Gasteiger partial charge in [0.05, 0.1) is 23.9 Å². The molecule has 0 N–H and O–H groups in total. The van der Waals surface area contributed by atoms with E-state index in [0.29, 0.717) is 33.0 Å². The van der Waals surface area contributed by atoms with Gasteiger partial charge < -0.3 is 4.74 Å². The predicted molar refractivity (Wildman–Crippen MR) is 102 cm³/mol. The minimum Gasteiger partial charge on any atom is -0.465 e. The standard InChI is InChI=1S/C19H16ClNO3S/c1-24-19(23)16-10-21(17-5-3-2-4-15(16)17)18(22)12-25-11-13-6-8-14(20)9-7-13/h2-10H,11-12H2,1H3. The first-order chi connectivity index (χ1) is 12.1. The largest absolute Gasteiger partial charge is 0.465 e. The summed E-state index contributed by atoms with van der Waals surface area (Å²) in [6.45, 7) is 0. The lowest BCUT2D eigenvalue weighted by Crippen LogP contribution is -2.12. The number of benzene rings is 2. The molecule has 128 valence electrons. The zero-order valence-electron chi connectivity index (χ0n) is 13.6. The fraction of sp³-hybridized carbons (Fsp3) is 0.158. The first kappa shape index (κ1) is 17.6. The van der Waals surface area contributed by atoms with Crippen molar-refractivity contribution >= 4 is 46.1 Å². The third kappa shape index (κ3) is 3.89. The summed E-state index contributed by atoms with van der Waals surface area (Å²) >= 11 is 7.39. The lowest BCUT2D eigenvalue weighted by molar-refractivity contribution is 0.0603. The van der Waals surface area contributed by atoms with Gasteiger partial charge in [-0.15, -0.1) is 11.8 Å². The average molecular weight is 374 g/mol. The Morgan fingerprint density at radius 3 is 2.56 bits per heavy atom. The van der Waals surface area contributed by atoms with E-state index in [4.69, 9.17) is 16.3 Å². The lowest BCUT2D eigenvalue weighted by Gasteiger charge is -2.04. The molecule has 0 amide bonds. The molecule has 6 heteroatoms. The lowest BCUT2D eigenvalue weighted by atomic mass is 10.2. The molecule has 0 spiro atoms. The van der Waals surface area contributed by atoms with Crippen LogP contribution in [0, 0.1) is 0 Å². The number of carbonyl (C=O) groups is 2. The van der Waals surface area contributed by atoms with Gasteiger partial charge in [-0.05, 0) is 23.8 Å². The summed E-state index contributed by atoms with van der Waals surface area (Å²) in [5, 5.41) is 1.41. The smallest absolute Gasteiger partial charge is 0.340 e.